The molecule has 1 heterocycles. The summed E-state index contributed by atoms with van der Waals surface area (Å²) >= 11 is 0. The number of anilines is 1. The SMILES string of the molecule is N#CCC(=O)Nc1cccc(CNC(=O)c2ccc(=O)[nH]n2)c1. The zero-order valence-corrected chi connectivity index (χ0v) is 12.0. The van der Waals surface area contributed by atoms with E-state index in [2.05, 4.69) is 20.8 Å². The third-order valence-corrected chi connectivity index (χ3v) is 2.82. The minimum Gasteiger partial charge on any atom is -0.347 e. The van der Waals surface area contributed by atoms with Gasteiger partial charge in [-0.25, -0.2) is 5.10 Å². The Morgan fingerprint density at radius 2 is 2.09 bits per heavy atom. The van der Waals surface area contributed by atoms with Crippen molar-refractivity contribution in [3.8, 4) is 6.07 Å². The second-order valence-corrected chi connectivity index (χ2v) is 4.57. The van der Waals surface area contributed by atoms with Gasteiger partial charge in [0, 0.05) is 18.3 Å². The van der Waals surface area contributed by atoms with Gasteiger partial charge in [-0.05, 0) is 23.8 Å². The highest BCUT2D eigenvalue weighted by Gasteiger charge is 2.07. The third kappa shape index (κ3) is 4.78. The first kappa shape index (κ1) is 15.9. The first-order valence-electron chi connectivity index (χ1n) is 6.68. The number of nitrogens with one attached hydrogen (secondary N) is 3. The van der Waals surface area contributed by atoms with Crippen molar-refractivity contribution in [3.05, 3.63) is 58.0 Å². The van der Waals surface area contributed by atoms with Crippen LogP contribution in [0.3, 0.4) is 0 Å². The fourth-order valence-corrected chi connectivity index (χ4v) is 1.78. The maximum atomic E-state index is 11.9. The first-order valence-corrected chi connectivity index (χ1v) is 6.68. The number of aromatic nitrogens is 2. The summed E-state index contributed by atoms with van der Waals surface area (Å²) in [6, 6.07) is 11.2. The molecule has 2 aromatic rings. The summed E-state index contributed by atoms with van der Waals surface area (Å²) in [7, 11) is 0. The van der Waals surface area contributed by atoms with E-state index in [-0.39, 0.29) is 24.2 Å². The second-order valence-electron chi connectivity index (χ2n) is 4.57. The van der Waals surface area contributed by atoms with Crippen molar-refractivity contribution in [1.29, 1.82) is 5.26 Å². The fraction of sp³-hybridized carbons (Fsp3) is 0.133. The van der Waals surface area contributed by atoms with Crippen LogP contribution in [0.1, 0.15) is 22.5 Å². The van der Waals surface area contributed by atoms with E-state index in [0.717, 1.165) is 5.56 Å². The Hall–Kier alpha value is -3.47. The standard InChI is InChI=1S/C15H13N5O3/c16-7-6-13(21)18-11-3-1-2-10(8-11)9-17-15(23)12-4-5-14(22)20-19-12/h1-5,8H,6,9H2,(H,17,23)(H,18,21)(H,20,22). The topological polar surface area (TPSA) is 128 Å². The molecule has 0 aliphatic rings. The summed E-state index contributed by atoms with van der Waals surface area (Å²) in [5.41, 5.74) is 1.02. The molecule has 23 heavy (non-hydrogen) atoms. The Kier molecular flexibility index (Phi) is 5.20. The van der Waals surface area contributed by atoms with E-state index in [1.165, 1.54) is 12.1 Å². The van der Waals surface area contributed by atoms with Gasteiger partial charge in [-0.1, -0.05) is 12.1 Å². The van der Waals surface area contributed by atoms with Gasteiger partial charge in [0.05, 0.1) is 6.07 Å². The molecule has 0 radical (unpaired) electrons. The molecule has 0 saturated carbocycles. The Balaban J connectivity index is 1.96. The number of nitrogens with zero attached hydrogens (tertiary/aromatic N) is 2. The molecule has 0 atom stereocenters. The average molecular weight is 311 g/mol. The third-order valence-electron chi connectivity index (χ3n) is 2.82. The van der Waals surface area contributed by atoms with E-state index < -0.39 is 11.8 Å². The van der Waals surface area contributed by atoms with Gasteiger partial charge in [-0.15, -0.1) is 0 Å². The largest absolute Gasteiger partial charge is 0.347 e. The molecule has 8 heteroatoms. The Labute approximate surface area is 131 Å². The van der Waals surface area contributed by atoms with Gasteiger partial charge in [-0.2, -0.15) is 10.4 Å². The molecular weight excluding hydrogens is 298 g/mol. The Morgan fingerprint density at radius 1 is 1.26 bits per heavy atom. The molecule has 116 valence electrons. The van der Waals surface area contributed by atoms with Crippen LogP contribution >= 0.6 is 0 Å². The quantitative estimate of drug-likeness (QED) is 0.743. The predicted molar refractivity (Wildman–Crippen MR) is 81.3 cm³/mol. The molecule has 0 aliphatic heterocycles. The van der Waals surface area contributed by atoms with Crippen LogP contribution in [-0.2, 0) is 11.3 Å². The maximum Gasteiger partial charge on any atom is 0.271 e. The van der Waals surface area contributed by atoms with Crippen LogP contribution in [0.5, 0.6) is 0 Å². The van der Waals surface area contributed by atoms with Crippen LogP contribution < -0.4 is 16.2 Å². The highest BCUT2D eigenvalue weighted by atomic mass is 16.2. The van der Waals surface area contributed by atoms with Crippen molar-refractivity contribution in [3.63, 3.8) is 0 Å². The van der Waals surface area contributed by atoms with E-state index >= 15 is 0 Å². The molecule has 0 bridgehead atoms. The first-order chi connectivity index (χ1) is 11.1. The molecule has 2 rings (SSSR count). The van der Waals surface area contributed by atoms with Crippen molar-refractivity contribution < 1.29 is 9.59 Å². The molecule has 0 spiro atoms. The molecule has 0 aliphatic carbocycles. The van der Waals surface area contributed by atoms with Gasteiger partial charge in [-0.3, -0.25) is 14.4 Å². The molecule has 1 aromatic carbocycles. The van der Waals surface area contributed by atoms with Crippen LogP contribution in [0.15, 0.2) is 41.2 Å². The van der Waals surface area contributed by atoms with Gasteiger partial charge in [0.25, 0.3) is 11.5 Å². The predicted octanol–water partition coefficient (Wildman–Crippen LogP) is 0.552. The summed E-state index contributed by atoms with van der Waals surface area (Å²) in [4.78, 5) is 34.1. The second kappa shape index (κ2) is 7.51. The normalized spacial score (nSPS) is 9.70. The Morgan fingerprint density at radius 3 is 2.78 bits per heavy atom. The number of carbonyl (C=O) groups is 2. The van der Waals surface area contributed by atoms with E-state index in [1.54, 1.807) is 30.3 Å². The summed E-state index contributed by atoms with van der Waals surface area (Å²) in [6.45, 7) is 0.224. The molecule has 1 aromatic heterocycles. The van der Waals surface area contributed by atoms with Gasteiger partial charge in [0.1, 0.15) is 12.1 Å². The number of hydrogen-bond acceptors (Lipinski definition) is 5. The van der Waals surface area contributed by atoms with E-state index in [9.17, 15) is 14.4 Å². The minimum absolute atomic E-state index is 0.100. The summed E-state index contributed by atoms with van der Waals surface area (Å²) in [5.74, 6) is -0.828. The number of nitriles is 1. The summed E-state index contributed by atoms with van der Waals surface area (Å²) < 4.78 is 0. The molecule has 0 fully saturated rings. The van der Waals surface area contributed by atoms with Crippen molar-refractivity contribution in [2.75, 3.05) is 5.32 Å². The average Bonchev–Trinajstić information content (AvgIpc) is 2.54. The van der Waals surface area contributed by atoms with E-state index in [0.29, 0.717) is 5.69 Å². The lowest BCUT2D eigenvalue weighted by atomic mass is 10.2. The van der Waals surface area contributed by atoms with Gasteiger partial charge in [0.2, 0.25) is 5.91 Å². The van der Waals surface area contributed by atoms with Gasteiger partial charge >= 0.3 is 0 Å². The van der Waals surface area contributed by atoms with Crippen LogP contribution in [0.25, 0.3) is 0 Å². The lowest BCUT2D eigenvalue weighted by Gasteiger charge is -2.07. The number of amides is 2. The fourth-order valence-electron chi connectivity index (χ4n) is 1.78. The van der Waals surface area contributed by atoms with Crippen molar-refractivity contribution in [2.45, 2.75) is 13.0 Å². The number of H-pyrrole nitrogens is 1. The smallest absolute Gasteiger partial charge is 0.271 e. The zero-order chi connectivity index (χ0) is 16.7. The highest BCUT2D eigenvalue weighted by Crippen LogP contribution is 2.11. The number of benzene rings is 1. The molecular formula is C15H13N5O3. The van der Waals surface area contributed by atoms with Crippen molar-refractivity contribution in [2.24, 2.45) is 0 Å². The number of hydrogen-bond donors (Lipinski definition) is 3. The molecule has 0 saturated heterocycles. The number of carbonyl (C=O) groups excluding carboxylic acids is 2. The van der Waals surface area contributed by atoms with Gasteiger partial charge < -0.3 is 10.6 Å². The van der Waals surface area contributed by atoms with E-state index in [4.69, 9.17) is 5.26 Å². The molecule has 8 nitrogen and oxygen atoms in total. The monoisotopic (exact) mass is 311 g/mol. The maximum absolute atomic E-state index is 11.9. The van der Waals surface area contributed by atoms with Gasteiger partial charge in [0.15, 0.2) is 0 Å². The number of rotatable bonds is 5. The summed E-state index contributed by atoms with van der Waals surface area (Å²) in [5, 5.41) is 19.5. The van der Waals surface area contributed by atoms with Crippen molar-refractivity contribution in [1.82, 2.24) is 15.5 Å². The summed E-state index contributed by atoms with van der Waals surface area (Å²) in [6.07, 6.45) is -0.223. The van der Waals surface area contributed by atoms with Crippen LogP contribution in [0, 0.1) is 11.3 Å². The van der Waals surface area contributed by atoms with Crippen LogP contribution in [0.2, 0.25) is 0 Å². The zero-order valence-electron chi connectivity index (χ0n) is 12.0. The molecule has 0 unspecified atom stereocenters. The Bertz CT molecular complexity index is 802. The molecule has 3 N–H and O–H groups in total. The molecule has 2 amide bonds. The number of aromatic amines is 1. The van der Waals surface area contributed by atoms with E-state index in [1.807, 2.05) is 0 Å². The van der Waals surface area contributed by atoms with Crippen LogP contribution in [-0.4, -0.2) is 22.0 Å². The minimum atomic E-state index is -0.430. The highest BCUT2D eigenvalue weighted by molar-refractivity contribution is 5.92. The lowest BCUT2D eigenvalue weighted by Crippen LogP contribution is -2.25. The van der Waals surface area contributed by atoms with Crippen molar-refractivity contribution >= 4 is 17.5 Å². The lowest BCUT2D eigenvalue weighted by molar-refractivity contribution is -0.115. The van der Waals surface area contributed by atoms with Crippen LogP contribution in [0.4, 0.5) is 5.69 Å².